The van der Waals surface area contributed by atoms with Crippen LogP contribution in [0.25, 0.3) is 22.6 Å². The predicted octanol–water partition coefficient (Wildman–Crippen LogP) is 5.67. The van der Waals surface area contributed by atoms with Gasteiger partial charge in [-0.15, -0.1) is 0 Å². The Balaban J connectivity index is 1.96. The Kier molecular flexibility index (Phi) is 4.88. The average Bonchev–Trinajstić information content (AvgIpc) is 3.00. The van der Waals surface area contributed by atoms with Crippen molar-refractivity contribution in [2.45, 2.75) is 46.5 Å². The lowest BCUT2D eigenvalue weighted by Gasteiger charge is -2.09. The summed E-state index contributed by atoms with van der Waals surface area (Å²) in [5.41, 5.74) is 5.56. The standard InChI is InChI=1S/C21H24N2O2/c1-5-6-20(24)22-17-12-16(8-7-14(17)4)21-23-18-11-15(13(2)3)9-10-19(18)25-21/h7-13H,5-6H2,1-4H3,(H,22,24). The van der Waals surface area contributed by atoms with Gasteiger partial charge in [-0.1, -0.05) is 32.9 Å². The lowest BCUT2D eigenvalue weighted by atomic mass is 10.0. The van der Waals surface area contributed by atoms with E-state index in [-0.39, 0.29) is 5.91 Å². The molecule has 0 aliphatic carbocycles. The van der Waals surface area contributed by atoms with Crippen LogP contribution in [0.1, 0.15) is 50.7 Å². The van der Waals surface area contributed by atoms with Crippen LogP contribution in [0.15, 0.2) is 40.8 Å². The van der Waals surface area contributed by atoms with Gasteiger partial charge in [-0.25, -0.2) is 4.98 Å². The maximum Gasteiger partial charge on any atom is 0.227 e. The molecule has 0 aliphatic heterocycles. The van der Waals surface area contributed by atoms with E-state index in [0.717, 1.165) is 34.3 Å². The minimum Gasteiger partial charge on any atom is -0.436 e. The van der Waals surface area contributed by atoms with Gasteiger partial charge in [-0.2, -0.15) is 0 Å². The Morgan fingerprint density at radius 1 is 1.20 bits per heavy atom. The van der Waals surface area contributed by atoms with Crippen LogP contribution in [-0.2, 0) is 4.79 Å². The molecule has 0 saturated carbocycles. The summed E-state index contributed by atoms with van der Waals surface area (Å²) in [6, 6.07) is 12.0. The van der Waals surface area contributed by atoms with Crippen molar-refractivity contribution in [3.63, 3.8) is 0 Å². The number of fused-ring (bicyclic) bond motifs is 1. The van der Waals surface area contributed by atoms with E-state index < -0.39 is 0 Å². The molecule has 1 amide bonds. The van der Waals surface area contributed by atoms with E-state index in [2.05, 4.69) is 36.3 Å². The summed E-state index contributed by atoms with van der Waals surface area (Å²) in [6.07, 6.45) is 1.35. The van der Waals surface area contributed by atoms with Gasteiger partial charge in [0.05, 0.1) is 0 Å². The zero-order chi connectivity index (χ0) is 18.0. The predicted molar refractivity (Wildman–Crippen MR) is 102 cm³/mol. The van der Waals surface area contributed by atoms with Crippen molar-refractivity contribution < 1.29 is 9.21 Å². The third-order valence-electron chi connectivity index (χ3n) is 4.31. The highest BCUT2D eigenvalue weighted by Crippen LogP contribution is 2.29. The van der Waals surface area contributed by atoms with Crippen molar-refractivity contribution in [3.8, 4) is 11.5 Å². The Labute approximate surface area is 148 Å². The van der Waals surface area contributed by atoms with Crippen LogP contribution in [0.4, 0.5) is 5.69 Å². The summed E-state index contributed by atoms with van der Waals surface area (Å²) in [4.78, 5) is 16.5. The normalized spacial score (nSPS) is 11.2. The summed E-state index contributed by atoms with van der Waals surface area (Å²) >= 11 is 0. The number of amides is 1. The molecule has 0 saturated heterocycles. The molecule has 0 unspecified atom stereocenters. The Morgan fingerprint density at radius 2 is 2.00 bits per heavy atom. The summed E-state index contributed by atoms with van der Waals surface area (Å²) in [7, 11) is 0. The highest BCUT2D eigenvalue weighted by atomic mass is 16.3. The van der Waals surface area contributed by atoms with Crippen LogP contribution in [0, 0.1) is 6.92 Å². The lowest BCUT2D eigenvalue weighted by molar-refractivity contribution is -0.116. The van der Waals surface area contributed by atoms with Gasteiger partial charge in [-0.3, -0.25) is 4.79 Å². The van der Waals surface area contributed by atoms with Gasteiger partial charge in [0.15, 0.2) is 5.58 Å². The van der Waals surface area contributed by atoms with Crippen LogP contribution in [0.2, 0.25) is 0 Å². The Bertz CT molecular complexity index is 909. The SMILES string of the molecule is CCCC(=O)Nc1cc(-c2nc3cc(C(C)C)ccc3o2)ccc1C. The molecule has 1 aromatic heterocycles. The molecule has 0 bridgehead atoms. The third kappa shape index (κ3) is 3.73. The smallest absolute Gasteiger partial charge is 0.227 e. The van der Waals surface area contributed by atoms with Crippen LogP contribution < -0.4 is 5.32 Å². The molecule has 0 aliphatic rings. The van der Waals surface area contributed by atoms with Crippen molar-refractivity contribution in [1.82, 2.24) is 4.98 Å². The number of nitrogens with one attached hydrogen (secondary N) is 1. The maximum atomic E-state index is 11.9. The van der Waals surface area contributed by atoms with E-state index in [1.807, 2.05) is 38.1 Å². The van der Waals surface area contributed by atoms with Gasteiger partial charge in [0.25, 0.3) is 0 Å². The fraction of sp³-hybridized carbons (Fsp3) is 0.333. The molecule has 3 aromatic rings. The quantitative estimate of drug-likeness (QED) is 0.653. The molecule has 1 N–H and O–H groups in total. The van der Waals surface area contributed by atoms with E-state index in [9.17, 15) is 4.79 Å². The van der Waals surface area contributed by atoms with Crippen molar-refractivity contribution in [2.75, 3.05) is 5.32 Å². The second-order valence-corrected chi connectivity index (χ2v) is 6.73. The van der Waals surface area contributed by atoms with E-state index in [1.54, 1.807) is 0 Å². The minimum atomic E-state index is 0.0295. The highest BCUT2D eigenvalue weighted by molar-refractivity contribution is 5.92. The first-order valence-corrected chi connectivity index (χ1v) is 8.79. The molecule has 4 nitrogen and oxygen atoms in total. The third-order valence-corrected chi connectivity index (χ3v) is 4.31. The number of anilines is 1. The van der Waals surface area contributed by atoms with E-state index >= 15 is 0 Å². The molecule has 1 heterocycles. The summed E-state index contributed by atoms with van der Waals surface area (Å²) in [6.45, 7) is 8.29. The van der Waals surface area contributed by atoms with Crippen molar-refractivity contribution in [1.29, 1.82) is 0 Å². The van der Waals surface area contributed by atoms with E-state index in [4.69, 9.17) is 4.42 Å². The van der Waals surface area contributed by atoms with E-state index in [0.29, 0.717) is 18.2 Å². The minimum absolute atomic E-state index is 0.0295. The monoisotopic (exact) mass is 336 g/mol. The molecule has 3 rings (SSSR count). The van der Waals surface area contributed by atoms with E-state index in [1.165, 1.54) is 5.56 Å². The van der Waals surface area contributed by atoms with Gasteiger partial charge in [0.2, 0.25) is 11.8 Å². The first-order chi connectivity index (χ1) is 12.0. The topological polar surface area (TPSA) is 55.1 Å². The average molecular weight is 336 g/mol. The van der Waals surface area contributed by atoms with Gasteiger partial charge in [-0.05, 0) is 54.7 Å². The lowest BCUT2D eigenvalue weighted by Crippen LogP contribution is -2.11. The number of nitrogens with zero attached hydrogens (tertiary/aromatic N) is 1. The van der Waals surface area contributed by atoms with Gasteiger partial charge in [0.1, 0.15) is 5.52 Å². The zero-order valence-electron chi connectivity index (χ0n) is 15.2. The number of aromatic nitrogens is 1. The van der Waals surface area contributed by atoms with Crippen LogP contribution in [0.5, 0.6) is 0 Å². The van der Waals surface area contributed by atoms with Gasteiger partial charge < -0.3 is 9.73 Å². The molecule has 4 heteroatoms. The number of hydrogen-bond acceptors (Lipinski definition) is 3. The van der Waals surface area contributed by atoms with Crippen LogP contribution in [-0.4, -0.2) is 10.9 Å². The number of carbonyl (C=O) groups excluding carboxylic acids is 1. The molecule has 0 fully saturated rings. The Hall–Kier alpha value is -2.62. The Morgan fingerprint density at radius 3 is 2.72 bits per heavy atom. The number of benzene rings is 2. The molecular formula is C21H24N2O2. The van der Waals surface area contributed by atoms with Gasteiger partial charge >= 0.3 is 0 Å². The fourth-order valence-electron chi connectivity index (χ4n) is 2.76. The number of carbonyl (C=O) groups is 1. The largest absolute Gasteiger partial charge is 0.436 e. The van der Waals surface area contributed by atoms with Crippen LogP contribution in [0.3, 0.4) is 0 Å². The molecule has 0 atom stereocenters. The fourth-order valence-corrected chi connectivity index (χ4v) is 2.76. The number of aryl methyl sites for hydroxylation is 1. The number of rotatable bonds is 5. The molecule has 0 spiro atoms. The zero-order valence-corrected chi connectivity index (χ0v) is 15.2. The first-order valence-electron chi connectivity index (χ1n) is 8.79. The second kappa shape index (κ2) is 7.09. The molecule has 25 heavy (non-hydrogen) atoms. The number of hydrogen-bond donors (Lipinski definition) is 1. The molecular weight excluding hydrogens is 312 g/mol. The number of oxazole rings is 1. The first kappa shape index (κ1) is 17.2. The van der Waals surface area contributed by atoms with Crippen molar-refractivity contribution >= 4 is 22.7 Å². The van der Waals surface area contributed by atoms with Crippen molar-refractivity contribution in [3.05, 3.63) is 47.5 Å². The molecule has 2 aromatic carbocycles. The summed E-state index contributed by atoms with van der Waals surface area (Å²) in [5.74, 6) is 1.05. The summed E-state index contributed by atoms with van der Waals surface area (Å²) in [5, 5.41) is 2.97. The molecule has 130 valence electrons. The molecule has 0 radical (unpaired) electrons. The van der Waals surface area contributed by atoms with Crippen LogP contribution >= 0.6 is 0 Å². The summed E-state index contributed by atoms with van der Waals surface area (Å²) < 4.78 is 5.91. The maximum absolute atomic E-state index is 11.9. The highest BCUT2D eigenvalue weighted by Gasteiger charge is 2.12. The van der Waals surface area contributed by atoms with Crippen molar-refractivity contribution in [2.24, 2.45) is 0 Å². The second-order valence-electron chi connectivity index (χ2n) is 6.73. The van der Waals surface area contributed by atoms with Gasteiger partial charge in [0, 0.05) is 17.7 Å².